The lowest BCUT2D eigenvalue weighted by Crippen LogP contribution is -1.90. The van der Waals surface area contributed by atoms with Gasteiger partial charge in [0.2, 0.25) is 0 Å². The molecule has 0 aliphatic carbocycles. The summed E-state index contributed by atoms with van der Waals surface area (Å²) in [4.78, 5) is 0. The van der Waals surface area contributed by atoms with Gasteiger partial charge in [-0.15, -0.1) is 0 Å². The lowest BCUT2D eigenvalue weighted by molar-refractivity contribution is 0.411. The molecule has 0 radical (unpaired) electrons. The van der Waals surface area contributed by atoms with Crippen LogP contribution in [0, 0.1) is 6.92 Å². The quantitative estimate of drug-likeness (QED) is 0.672. The second-order valence-corrected chi connectivity index (χ2v) is 3.19. The Hall–Kier alpha value is -1.02. The highest BCUT2D eigenvalue weighted by Gasteiger charge is 2.22. The average Bonchev–Trinajstić information content (AvgIpc) is 2.86. The molecule has 0 spiro atoms. The zero-order valence-corrected chi connectivity index (χ0v) is 7.42. The van der Waals surface area contributed by atoms with Crippen LogP contribution < -0.4 is 10.1 Å². The molecule has 1 heterocycles. The number of methoxy groups -OCH3 is 1. The highest BCUT2D eigenvalue weighted by molar-refractivity contribution is 5.38. The van der Waals surface area contributed by atoms with Crippen LogP contribution in [0.15, 0.2) is 18.2 Å². The molecule has 1 aliphatic rings. The van der Waals surface area contributed by atoms with Crippen LogP contribution in [-0.4, -0.2) is 13.7 Å². The summed E-state index contributed by atoms with van der Waals surface area (Å²) in [6.07, 6.45) is 0. The SMILES string of the molecule is COc1ccc(C2CN2)cc1C. The number of aryl methyl sites for hydroxylation is 1. The van der Waals surface area contributed by atoms with Gasteiger partial charge in [0, 0.05) is 12.6 Å². The lowest BCUT2D eigenvalue weighted by Gasteiger charge is -2.05. The Morgan fingerprint density at radius 1 is 1.50 bits per heavy atom. The number of benzene rings is 1. The van der Waals surface area contributed by atoms with E-state index >= 15 is 0 Å². The number of ether oxygens (including phenoxy) is 1. The minimum Gasteiger partial charge on any atom is -0.496 e. The summed E-state index contributed by atoms with van der Waals surface area (Å²) >= 11 is 0. The molecule has 0 amide bonds. The highest BCUT2D eigenvalue weighted by Crippen LogP contribution is 2.26. The van der Waals surface area contributed by atoms with Crippen LogP contribution in [0.2, 0.25) is 0 Å². The summed E-state index contributed by atoms with van der Waals surface area (Å²) in [6.45, 7) is 3.19. The minimum atomic E-state index is 0.592. The molecule has 1 saturated heterocycles. The molecular formula is C10H13NO. The molecular weight excluding hydrogens is 150 g/mol. The molecule has 1 atom stereocenters. The van der Waals surface area contributed by atoms with Crippen LogP contribution in [-0.2, 0) is 0 Å². The van der Waals surface area contributed by atoms with Crippen molar-refractivity contribution in [3.05, 3.63) is 29.3 Å². The van der Waals surface area contributed by atoms with E-state index in [1.54, 1.807) is 7.11 Å². The van der Waals surface area contributed by atoms with Crippen molar-refractivity contribution in [3.63, 3.8) is 0 Å². The molecule has 1 fully saturated rings. The molecule has 12 heavy (non-hydrogen) atoms. The Labute approximate surface area is 72.5 Å². The summed E-state index contributed by atoms with van der Waals surface area (Å²) < 4.78 is 5.18. The Bertz CT molecular complexity index is 292. The minimum absolute atomic E-state index is 0.592. The first-order valence-corrected chi connectivity index (χ1v) is 4.19. The summed E-state index contributed by atoms with van der Waals surface area (Å²) in [6, 6.07) is 6.93. The van der Waals surface area contributed by atoms with Gasteiger partial charge in [0.15, 0.2) is 0 Å². The smallest absolute Gasteiger partial charge is 0.121 e. The van der Waals surface area contributed by atoms with E-state index in [1.165, 1.54) is 11.1 Å². The maximum Gasteiger partial charge on any atom is 0.121 e. The Morgan fingerprint density at radius 3 is 2.75 bits per heavy atom. The third-order valence-corrected chi connectivity index (χ3v) is 2.23. The Kier molecular flexibility index (Phi) is 1.77. The molecule has 1 aromatic rings. The summed E-state index contributed by atoms with van der Waals surface area (Å²) in [5, 5.41) is 3.27. The first-order chi connectivity index (χ1) is 5.81. The van der Waals surface area contributed by atoms with E-state index in [0.717, 1.165) is 12.3 Å². The van der Waals surface area contributed by atoms with Gasteiger partial charge in [-0.1, -0.05) is 12.1 Å². The molecule has 0 saturated carbocycles. The van der Waals surface area contributed by atoms with Gasteiger partial charge in [-0.2, -0.15) is 0 Å². The van der Waals surface area contributed by atoms with Crippen molar-refractivity contribution >= 4 is 0 Å². The van der Waals surface area contributed by atoms with E-state index in [1.807, 2.05) is 6.07 Å². The number of nitrogens with one attached hydrogen (secondary N) is 1. The predicted molar refractivity (Wildman–Crippen MR) is 48.5 cm³/mol. The van der Waals surface area contributed by atoms with Crippen molar-refractivity contribution in [1.82, 2.24) is 5.32 Å². The van der Waals surface area contributed by atoms with Crippen LogP contribution in [0.25, 0.3) is 0 Å². The first-order valence-electron chi connectivity index (χ1n) is 4.19. The van der Waals surface area contributed by atoms with Crippen molar-refractivity contribution in [1.29, 1.82) is 0 Å². The molecule has 0 bridgehead atoms. The largest absolute Gasteiger partial charge is 0.496 e. The lowest BCUT2D eigenvalue weighted by atomic mass is 10.1. The highest BCUT2D eigenvalue weighted by atomic mass is 16.5. The molecule has 1 aliphatic heterocycles. The zero-order valence-electron chi connectivity index (χ0n) is 7.42. The van der Waals surface area contributed by atoms with Crippen molar-refractivity contribution in [2.24, 2.45) is 0 Å². The summed E-state index contributed by atoms with van der Waals surface area (Å²) in [7, 11) is 1.71. The normalized spacial score (nSPS) is 20.7. The van der Waals surface area contributed by atoms with Gasteiger partial charge in [-0.05, 0) is 24.1 Å². The third kappa shape index (κ3) is 1.30. The molecule has 1 aromatic carbocycles. The van der Waals surface area contributed by atoms with Gasteiger partial charge < -0.3 is 10.1 Å². The fourth-order valence-corrected chi connectivity index (χ4v) is 1.41. The van der Waals surface area contributed by atoms with Gasteiger partial charge in [0.05, 0.1) is 7.11 Å². The van der Waals surface area contributed by atoms with Crippen molar-refractivity contribution in [2.45, 2.75) is 13.0 Å². The Balaban J connectivity index is 2.30. The maximum absolute atomic E-state index is 5.18. The number of rotatable bonds is 2. The van der Waals surface area contributed by atoms with E-state index in [9.17, 15) is 0 Å². The van der Waals surface area contributed by atoms with E-state index in [2.05, 4.69) is 24.4 Å². The fourth-order valence-electron chi connectivity index (χ4n) is 1.41. The zero-order chi connectivity index (χ0) is 8.55. The van der Waals surface area contributed by atoms with Crippen molar-refractivity contribution in [2.75, 3.05) is 13.7 Å². The fraction of sp³-hybridized carbons (Fsp3) is 0.400. The second-order valence-electron chi connectivity index (χ2n) is 3.19. The van der Waals surface area contributed by atoms with Gasteiger partial charge in [0.1, 0.15) is 5.75 Å². The second kappa shape index (κ2) is 2.79. The van der Waals surface area contributed by atoms with Gasteiger partial charge in [-0.25, -0.2) is 0 Å². The van der Waals surface area contributed by atoms with Gasteiger partial charge in [0.25, 0.3) is 0 Å². The standard InChI is InChI=1S/C10H13NO/c1-7-5-8(9-6-11-9)3-4-10(7)12-2/h3-5,9,11H,6H2,1-2H3. The van der Waals surface area contributed by atoms with Crippen LogP contribution in [0.1, 0.15) is 17.2 Å². The van der Waals surface area contributed by atoms with Crippen LogP contribution in [0.4, 0.5) is 0 Å². The van der Waals surface area contributed by atoms with E-state index in [-0.39, 0.29) is 0 Å². The predicted octanol–water partition coefficient (Wildman–Crippen LogP) is 1.65. The first kappa shape index (κ1) is 7.62. The molecule has 2 nitrogen and oxygen atoms in total. The van der Waals surface area contributed by atoms with Gasteiger partial charge >= 0.3 is 0 Å². The van der Waals surface area contributed by atoms with Gasteiger partial charge in [-0.3, -0.25) is 0 Å². The molecule has 1 unspecified atom stereocenters. The van der Waals surface area contributed by atoms with Crippen LogP contribution in [0.3, 0.4) is 0 Å². The van der Waals surface area contributed by atoms with E-state index < -0.39 is 0 Å². The van der Waals surface area contributed by atoms with Crippen molar-refractivity contribution < 1.29 is 4.74 Å². The number of hydrogen-bond acceptors (Lipinski definition) is 2. The molecule has 2 heteroatoms. The molecule has 64 valence electrons. The summed E-state index contributed by atoms with van der Waals surface area (Å²) in [5.41, 5.74) is 2.58. The van der Waals surface area contributed by atoms with Crippen LogP contribution in [0.5, 0.6) is 5.75 Å². The van der Waals surface area contributed by atoms with E-state index in [4.69, 9.17) is 4.74 Å². The molecule has 1 N–H and O–H groups in total. The summed E-state index contributed by atoms with van der Waals surface area (Å²) in [5.74, 6) is 0.972. The molecule has 0 aromatic heterocycles. The van der Waals surface area contributed by atoms with Crippen LogP contribution >= 0.6 is 0 Å². The molecule has 2 rings (SSSR count). The maximum atomic E-state index is 5.18. The number of hydrogen-bond donors (Lipinski definition) is 1. The van der Waals surface area contributed by atoms with Crippen molar-refractivity contribution in [3.8, 4) is 5.75 Å². The average molecular weight is 163 g/mol. The third-order valence-electron chi connectivity index (χ3n) is 2.23. The Morgan fingerprint density at radius 2 is 2.25 bits per heavy atom. The van der Waals surface area contributed by atoms with E-state index in [0.29, 0.717) is 6.04 Å². The topological polar surface area (TPSA) is 31.2 Å². The monoisotopic (exact) mass is 163 g/mol.